The number of carbonyl (C=O) groups is 2. The third-order valence-electron chi connectivity index (χ3n) is 5.56. The van der Waals surface area contributed by atoms with Gasteiger partial charge < -0.3 is 19.3 Å². The third-order valence-corrected chi connectivity index (χ3v) is 5.56. The molecule has 0 aliphatic rings. The van der Waals surface area contributed by atoms with Crippen LogP contribution < -0.4 is 0 Å². The van der Waals surface area contributed by atoms with Crippen molar-refractivity contribution in [2.45, 2.75) is 58.8 Å². The first-order chi connectivity index (χ1) is 16.8. The van der Waals surface area contributed by atoms with E-state index in [0.29, 0.717) is 17.1 Å². The molecule has 0 radical (unpaired) electrons. The molecule has 1 unspecified atom stereocenters. The molecule has 1 heterocycles. The lowest BCUT2D eigenvalue weighted by atomic mass is 9.99. The summed E-state index contributed by atoms with van der Waals surface area (Å²) in [5.41, 5.74) is 0.879. The van der Waals surface area contributed by atoms with Gasteiger partial charge in [0.2, 0.25) is 0 Å². The molecule has 1 atom stereocenters. The van der Waals surface area contributed by atoms with Crippen LogP contribution in [0.5, 0.6) is 0 Å². The van der Waals surface area contributed by atoms with E-state index in [1.165, 1.54) is 7.11 Å². The Morgan fingerprint density at radius 3 is 2.08 bits per heavy atom. The number of imidazole rings is 1. The van der Waals surface area contributed by atoms with Gasteiger partial charge >= 0.3 is 11.9 Å². The average Bonchev–Trinajstić information content (AvgIpc) is 3.23. The predicted octanol–water partition coefficient (Wildman–Crippen LogP) is 5.22. The lowest BCUT2D eigenvalue weighted by Crippen LogP contribution is -2.24. The molecule has 8 heteroatoms. The molecule has 0 saturated heterocycles. The quantitative estimate of drug-likeness (QED) is 0.450. The molecule has 0 amide bonds. The second-order valence-corrected chi connectivity index (χ2v) is 10.0. The molecule has 0 spiro atoms. The monoisotopic (exact) mass is 494 g/mol. The van der Waals surface area contributed by atoms with Crippen molar-refractivity contribution in [3.05, 3.63) is 71.3 Å². The van der Waals surface area contributed by atoms with E-state index >= 15 is 0 Å². The van der Waals surface area contributed by atoms with Crippen LogP contribution in [0, 0.1) is 0 Å². The van der Waals surface area contributed by atoms with Crippen molar-refractivity contribution in [1.82, 2.24) is 9.55 Å². The third kappa shape index (κ3) is 5.66. The Hall–Kier alpha value is -3.49. The van der Waals surface area contributed by atoms with Crippen molar-refractivity contribution >= 4 is 11.9 Å². The fourth-order valence-electron chi connectivity index (χ4n) is 3.82. The molecular formula is C28H34N2O6. The van der Waals surface area contributed by atoms with Gasteiger partial charge in [-0.1, -0.05) is 30.3 Å². The molecule has 0 saturated carbocycles. The number of esters is 2. The number of nitrogens with zero attached hydrogens (tertiary/aromatic N) is 2. The number of aromatic nitrogens is 2. The van der Waals surface area contributed by atoms with E-state index in [1.54, 1.807) is 44.6 Å². The summed E-state index contributed by atoms with van der Waals surface area (Å²) in [6.07, 6.45) is -0.475. The van der Waals surface area contributed by atoms with Crippen LogP contribution in [0.1, 0.15) is 80.0 Å². The lowest BCUT2D eigenvalue weighted by molar-refractivity contribution is 0.00701. The zero-order chi connectivity index (χ0) is 26.8. The Morgan fingerprint density at radius 1 is 0.944 bits per heavy atom. The van der Waals surface area contributed by atoms with Crippen molar-refractivity contribution in [3.8, 4) is 16.8 Å². The summed E-state index contributed by atoms with van der Waals surface area (Å²) in [6, 6.07) is 14.6. The molecule has 8 nitrogen and oxygen atoms in total. The highest BCUT2D eigenvalue weighted by Crippen LogP contribution is 2.33. The van der Waals surface area contributed by atoms with Gasteiger partial charge in [0.05, 0.1) is 12.7 Å². The first-order valence-corrected chi connectivity index (χ1v) is 11.7. The van der Waals surface area contributed by atoms with Gasteiger partial charge in [0.1, 0.15) is 28.8 Å². The molecule has 3 aromatic rings. The minimum absolute atomic E-state index is 0.116. The number of hydrogen-bond acceptors (Lipinski definition) is 7. The van der Waals surface area contributed by atoms with E-state index in [9.17, 15) is 14.7 Å². The van der Waals surface area contributed by atoms with Crippen molar-refractivity contribution in [3.63, 3.8) is 0 Å². The molecule has 36 heavy (non-hydrogen) atoms. The van der Waals surface area contributed by atoms with Gasteiger partial charge in [-0.25, -0.2) is 14.6 Å². The van der Waals surface area contributed by atoms with E-state index < -0.39 is 29.2 Å². The summed E-state index contributed by atoms with van der Waals surface area (Å²) in [7, 11) is 2.83. The summed E-state index contributed by atoms with van der Waals surface area (Å²) < 4.78 is 17.7. The van der Waals surface area contributed by atoms with Gasteiger partial charge in [-0.15, -0.1) is 0 Å². The highest BCUT2D eigenvalue weighted by atomic mass is 16.6. The fraction of sp³-hybridized carbons (Fsp3) is 0.393. The highest BCUT2D eigenvalue weighted by Gasteiger charge is 2.34. The number of carbonyl (C=O) groups excluding carboxylic acids is 2. The smallest absolute Gasteiger partial charge is 0.357 e. The lowest BCUT2D eigenvalue weighted by Gasteiger charge is -2.20. The van der Waals surface area contributed by atoms with E-state index in [1.807, 2.05) is 57.2 Å². The maximum Gasteiger partial charge on any atom is 0.357 e. The van der Waals surface area contributed by atoms with Gasteiger partial charge in [0.15, 0.2) is 5.69 Å². The largest absolute Gasteiger partial charge is 0.464 e. The van der Waals surface area contributed by atoms with Gasteiger partial charge in [0, 0.05) is 12.8 Å². The summed E-state index contributed by atoms with van der Waals surface area (Å²) in [5, 5.41) is 10.7. The van der Waals surface area contributed by atoms with Crippen LogP contribution in [0.4, 0.5) is 0 Å². The van der Waals surface area contributed by atoms with Crippen LogP contribution >= 0.6 is 0 Å². The molecule has 0 bridgehead atoms. The minimum Gasteiger partial charge on any atom is -0.464 e. The summed E-state index contributed by atoms with van der Waals surface area (Å²) >= 11 is 0. The average molecular weight is 495 g/mol. The summed E-state index contributed by atoms with van der Waals surface area (Å²) in [6.45, 7) is 10.4. The van der Waals surface area contributed by atoms with Crippen molar-refractivity contribution < 1.29 is 28.9 Å². The molecular weight excluding hydrogens is 460 g/mol. The molecule has 192 valence electrons. The van der Waals surface area contributed by atoms with Gasteiger partial charge in [-0.3, -0.25) is 4.57 Å². The zero-order valence-electron chi connectivity index (χ0n) is 22.1. The van der Waals surface area contributed by atoms with Crippen LogP contribution in [0.15, 0.2) is 48.5 Å². The predicted molar refractivity (Wildman–Crippen MR) is 136 cm³/mol. The van der Waals surface area contributed by atoms with Crippen LogP contribution in [0.2, 0.25) is 0 Å². The number of rotatable bonds is 7. The van der Waals surface area contributed by atoms with Gasteiger partial charge in [-0.05, 0) is 70.9 Å². The van der Waals surface area contributed by atoms with Gasteiger partial charge in [0.25, 0.3) is 0 Å². The first kappa shape index (κ1) is 27.1. The maximum atomic E-state index is 12.8. The molecule has 1 N–H and O–H groups in total. The molecule has 0 aliphatic carbocycles. The molecule has 0 fully saturated rings. The van der Waals surface area contributed by atoms with Crippen LogP contribution in [-0.2, 0) is 19.8 Å². The van der Waals surface area contributed by atoms with Crippen molar-refractivity contribution in [2.24, 2.45) is 0 Å². The van der Waals surface area contributed by atoms with E-state index in [2.05, 4.69) is 4.98 Å². The Labute approximate surface area is 211 Å². The number of hydrogen-bond donors (Lipinski definition) is 1. The van der Waals surface area contributed by atoms with Crippen molar-refractivity contribution in [2.75, 3.05) is 14.2 Å². The fourth-order valence-corrected chi connectivity index (χ4v) is 3.82. The second-order valence-electron chi connectivity index (χ2n) is 10.0. The first-order valence-electron chi connectivity index (χ1n) is 11.7. The Bertz CT molecular complexity index is 1250. The highest BCUT2D eigenvalue weighted by molar-refractivity contribution is 5.97. The van der Waals surface area contributed by atoms with Gasteiger partial charge in [-0.2, -0.15) is 0 Å². The zero-order valence-corrected chi connectivity index (χ0v) is 22.1. The minimum atomic E-state index is -1.40. The van der Waals surface area contributed by atoms with Crippen LogP contribution in [-0.4, -0.2) is 46.4 Å². The Balaban J connectivity index is 2.16. The molecule has 2 aromatic carbocycles. The van der Waals surface area contributed by atoms with E-state index in [4.69, 9.17) is 14.2 Å². The number of methoxy groups -OCH3 is 2. The number of aliphatic hydroxyl groups is 1. The van der Waals surface area contributed by atoms with E-state index in [-0.39, 0.29) is 11.4 Å². The topological polar surface area (TPSA) is 99.9 Å². The molecule has 3 rings (SSSR count). The molecule has 1 aromatic heterocycles. The van der Waals surface area contributed by atoms with Crippen LogP contribution in [0.3, 0.4) is 0 Å². The SMILES string of the molecule is COC(=O)c1c(C(C)(C)O)nc(C(C)OC)n1-c1ccc(-c2ccccc2C(=O)OC(C)(C)C)cc1. The Kier molecular flexibility index (Phi) is 7.71. The van der Waals surface area contributed by atoms with E-state index in [0.717, 1.165) is 11.1 Å². The number of ether oxygens (including phenoxy) is 3. The molecule has 0 aliphatic heterocycles. The summed E-state index contributed by atoms with van der Waals surface area (Å²) in [4.78, 5) is 30.2. The standard InChI is InChI=1S/C28H34N2O6/c1-17(34-7)24-29-23(28(5,6)33)22(26(32)35-8)30(24)19-15-13-18(14-16-19)20-11-9-10-12-21(20)25(31)36-27(2,3)4/h9-17,33H,1-8H3. The number of benzene rings is 2. The summed E-state index contributed by atoms with van der Waals surface area (Å²) in [5.74, 6) is -0.596. The Morgan fingerprint density at radius 2 is 1.56 bits per heavy atom. The van der Waals surface area contributed by atoms with Crippen LogP contribution in [0.25, 0.3) is 16.8 Å². The normalized spacial score (nSPS) is 12.8. The second kappa shape index (κ2) is 10.2. The van der Waals surface area contributed by atoms with Crippen molar-refractivity contribution in [1.29, 1.82) is 0 Å². The maximum absolute atomic E-state index is 12.8.